The molecule has 7 heteroatoms. The molecule has 1 rings (SSSR count). The molecule has 0 unspecified atom stereocenters. The van der Waals surface area contributed by atoms with Gasteiger partial charge in [-0.3, -0.25) is 10.1 Å². The van der Waals surface area contributed by atoms with Gasteiger partial charge in [0.2, 0.25) is 0 Å². The molecule has 4 nitrogen and oxygen atoms in total. The summed E-state index contributed by atoms with van der Waals surface area (Å²) in [5.41, 5.74) is 0.118. The van der Waals surface area contributed by atoms with Crippen molar-refractivity contribution in [2.45, 2.75) is 19.3 Å². The van der Waals surface area contributed by atoms with Gasteiger partial charge in [-0.2, -0.15) is 11.8 Å². The van der Waals surface area contributed by atoms with E-state index in [4.69, 9.17) is 0 Å². The first kappa shape index (κ1) is 16.2. The number of nitro groups is 1. The van der Waals surface area contributed by atoms with Gasteiger partial charge in [-0.05, 0) is 40.8 Å². The Morgan fingerprint density at radius 2 is 2.16 bits per heavy atom. The largest absolute Gasteiger partial charge is 0.379 e. The van der Waals surface area contributed by atoms with E-state index < -0.39 is 10.7 Å². The van der Waals surface area contributed by atoms with E-state index in [-0.39, 0.29) is 15.8 Å². The smallest absolute Gasteiger partial charge is 0.293 e. The molecule has 0 fully saturated rings. The summed E-state index contributed by atoms with van der Waals surface area (Å²) in [4.78, 5) is 10.4. The van der Waals surface area contributed by atoms with Crippen molar-refractivity contribution in [1.82, 2.24) is 0 Å². The zero-order chi connectivity index (χ0) is 14.3. The summed E-state index contributed by atoms with van der Waals surface area (Å²) >= 11 is 4.75. The fourth-order valence-corrected chi connectivity index (χ4v) is 2.42. The van der Waals surface area contributed by atoms with Gasteiger partial charge in [0.25, 0.3) is 5.69 Å². The second kappa shape index (κ2) is 8.37. The summed E-state index contributed by atoms with van der Waals surface area (Å²) in [5, 5.41) is 13.8. The van der Waals surface area contributed by atoms with Gasteiger partial charge >= 0.3 is 0 Å². The Morgan fingerprint density at radius 3 is 2.79 bits per heavy atom. The van der Waals surface area contributed by atoms with E-state index in [0.717, 1.165) is 31.1 Å². The highest BCUT2D eigenvalue weighted by atomic mass is 79.9. The molecule has 19 heavy (non-hydrogen) atoms. The average Bonchev–Trinajstić information content (AvgIpc) is 2.37. The van der Waals surface area contributed by atoms with Gasteiger partial charge in [0, 0.05) is 18.7 Å². The minimum absolute atomic E-state index is 0.102. The Labute approximate surface area is 124 Å². The number of halogens is 2. The van der Waals surface area contributed by atoms with Crippen molar-refractivity contribution < 1.29 is 9.31 Å². The SMILES string of the molecule is CSCCCCCNc1cc(F)c(Br)cc1[N+](=O)[O-]. The highest BCUT2D eigenvalue weighted by Gasteiger charge is 2.16. The van der Waals surface area contributed by atoms with Crippen LogP contribution >= 0.6 is 27.7 Å². The molecule has 0 bridgehead atoms. The molecular weight excluding hydrogens is 335 g/mol. The van der Waals surface area contributed by atoms with Gasteiger partial charge in [-0.1, -0.05) is 6.42 Å². The van der Waals surface area contributed by atoms with Crippen molar-refractivity contribution in [3.05, 3.63) is 32.5 Å². The number of nitrogens with zero attached hydrogens (tertiary/aromatic N) is 1. The topological polar surface area (TPSA) is 55.2 Å². The molecular formula is C12H16BrFN2O2S. The Morgan fingerprint density at radius 1 is 1.42 bits per heavy atom. The van der Waals surface area contributed by atoms with E-state index in [2.05, 4.69) is 27.5 Å². The van der Waals surface area contributed by atoms with Gasteiger partial charge < -0.3 is 5.32 Å². The highest BCUT2D eigenvalue weighted by molar-refractivity contribution is 9.10. The number of anilines is 1. The lowest BCUT2D eigenvalue weighted by Crippen LogP contribution is -2.05. The minimum Gasteiger partial charge on any atom is -0.379 e. The number of nitro benzene ring substituents is 1. The fourth-order valence-electron chi connectivity index (χ4n) is 1.60. The van der Waals surface area contributed by atoms with Gasteiger partial charge in [0.1, 0.15) is 11.5 Å². The van der Waals surface area contributed by atoms with E-state index in [1.54, 1.807) is 11.8 Å². The number of unbranched alkanes of at least 4 members (excludes halogenated alkanes) is 2. The van der Waals surface area contributed by atoms with Crippen LogP contribution in [0.5, 0.6) is 0 Å². The molecule has 0 saturated carbocycles. The maximum atomic E-state index is 13.4. The molecule has 0 heterocycles. The lowest BCUT2D eigenvalue weighted by molar-refractivity contribution is -0.384. The quantitative estimate of drug-likeness (QED) is 0.427. The molecule has 1 aromatic carbocycles. The maximum Gasteiger partial charge on any atom is 0.293 e. The number of hydrogen-bond acceptors (Lipinski definition) is 4. The minimum atomic E-state index is -0.514. The Hall–Kier alpha value is -0.820. The number of rotatable bonds is 8. The van der Waals surface area contributed by atoms with Crippen LogP contribution in [0.15, 0.2) is 16.6 Å². The lowest BCUT2D eigenvalue weighted by Gasteiger charge is -2.08. The van der Waals surface area contributed by atoms with Crippen molar-refractivity contribution in [2.75, 3.05) is 23.9 Å². The lowest BCUT2D eigenvalue weighted by atomic mass is 10.2. The summed E-state index contributed by atoms with van der Waals surface area (Å²) in [6.07, 6.45) is 5.15. The van der Waals surface area contributed by atoms with Crippen molar-refractivity contribution in [1.29, 1.82) is 0 Å². The Balaban J connectivity index is 2.57. The van der Waals surface area contributed by atoms with E-state index in [9.17, 15) is 14.5 Å². The monoisotopic (exact) mass is 350 g/mol. The first-order valence-electron chi connectivity index (χ1n) is 5.92. The van der Waals surface area contributed by atoms with Crippen LogP contribution in [0, 0.1) is 15.9 Å². The number of benzene rings is 1. The molecule has 106 valence electrons. The predicted molar refractivity (Wildman–Crippen MR) is 81.5 cm³/mol. The van der Waals surface area contributed by atoms with Crippen LogP contribution in [0.2, 0.25) is 0 Å². The van der Waals surface area contributed by atoms with E-state index in [1.165, 1.54) is 6.07 Å². The molecule has 0 atom stereocenters. The van der Waals surface area contributed by atoms with Crippen LogP contribution in [0.4, 0.5) is 15.8 Å². The average molecular weight is 351 g/mol. The molecule has 1 N–H and O–H groups in total. The molecule has 0 saturated heterocycles. The summed E-state index contributed by atoms with van der Waals surface area (Å²) in [6.45, 7) is 0.607. The van der Waals surface area contributed by atoms with Crippen LogP contribution in [0.25, 0.3) is 0 Å². The van der Waals surface area contributed by atoms with Crippen LogP contribution in [-0.4, -0.2) is 23.5 Å². The molecule has 0 spiro atoms. The second-order valence-electron chi connectivity index (χ2n) is 4.02. The van der Waals surface area contributed by atoms with Crippen LogP contribution in [0.1, 0.15) is 19.3 Å². The maximum absolute atomic E-state index is 13.4. The normalized spacial score (nSPS) is 10.5. The van der Waals surface area contributed by atoms with Crippen LogP contribution in [-0.2, 0) is 0 Å². The summed E-state index contributed by atoms with van der Waals surface area (Å²) in [5.74, 6) is 0.614. The van der Waals surface area contributed by atoms with Gasteiger partial charge in [-0.25, -0.2) is 4.39 Å². The molecule has 0 radical (unpaired) electrons. The van der Waals surface area contributed by atoms with E-state index in [1.807, 2.05) is 0 Å². The third-order valence-corrected chi connectivity index (χ3v) is 3.88. The standard InChI is InChI=1S/C12H16BrFN2O2S/c1-19-6-4-2-3-5-15-11-8-10(14)9(13)7-12(11)16(17)18/h7-8,15H,2-6H2,1H3. The third-order valence-electron chi connectivity index (χ3n) is 2.58. The summed E-state index contributed by atoms with van der Waals surface area (Å²) in [7, 11) is 0. The van der Waals surface area contributed by atoms with Crippen LogP contribution < -0.4 is 5.32 Å². The first-order chi connectivity index (χ1) is 9.06. The van der Waals surface area contributed by atoms with E-state index in [0.29, 0.717) is 6.54 Å². The molecule has 0 amide bonds. The Bertz CT molecular complexity index is 446. The van der Waals surface area contributed by atoms with E-state index >= 15 is 0 Å². The zero-order valence-corrected chi connectivity index (χ0v) is 13.0. The predicted octanol–water partition coefficient (Wildman–Crippen LogP) is 4.44. The first-order valence-corrected chi connectivity index (χ1v) is 8.11. The van der Waals surface area contributed by atoms with Crippen molar-refractivity contribution in [3.63, 3.8) is 0 Å². The van der Waals surface area contributed by atoms with Gasteiger partial charge in [0.05, 0.1) is 9.40 Å². The van der Waals surface area contributed by atoms with Gasteiger partial charge in [-0.15, -0.1) is 0 Å². The highest BCUT2D eigenvalue weighted by Crippen LogP contribution is 2.30. The molecule has 0 aliphatic carbocycles. The number of hydrogen-bond donors (Lipinski definition) is 1. The van der Waals surface area contributed by atoms with Crippen LogP contribution in [0.3, 0.4) is 0 Å². The molecule has 0 aliphatic rings. The fraction of sp³-hybridized carbons (Fsp3) is 0.500. The second-order valence-corrected chi connectivity index (χ2v) is 5.86. The molecule has 1 aromatic rings. The number of thioether (sulfide) groups is 1. The molecule has 0 aromatic heterocycles. The summed E-state index contributed by atoms with van der Waals surface area (Å²) in [6, 6.07) is 2.34. The summed E-state index contributed by atoms with van der Waals surface area (Å²) < 4.78 is 13.5. The Kier molecular flexibility index (Phi) is 7.15. The molecule has 0 aliphatic heterocycles. The van der Waals surface area contributed by atoms with Crippen molar-refractivity contribution in [3.8, 4) is 0 Å². The third kappa shape index (κ3) is 5.36. The van der Waals surface area contributed by atoms with Gasteiger partial charge in [0.15, 0.2) is 0 Å². The zero-order valence-electron chi connectivity index (χ0n) is 10.6. The van der Waals surface area contributed by atoms with Crippen molar-refractivity contribution >= 4 is 39.1 Å². The number of nitrogens with one attached hydrogen (secondary N) is 1. The van der Waals surface area contributed by atoms with Crippen molar-refractivity contribution in [2.24, 2.45) is 0 Å².